The third kappa shape index (κ3) is 4.38. The average Bonchev–Trinajstić information content (AvgIpc) is 2.69. The van der Waals surface area contributed by atoms with Crippen molar-refractivity contribution in [2.75, 3.05) is 18.4 Å². The van der Waals surface area contributed by atoms with Gasteiger partial charge in [0.05, 0.1) is 20.4 Å². The van der Waals surface area contributed by atoms with Gasteiger partial charge in [-0.1, -0.05) is 17.7 Å². The van der Waals surface area contributed by atoms with Gasteiger partial charge in [-0.3, -0.25) is 4.98 Å². The molecule has 9 heteroatoms. The van der Waals surface area contributed by atoms with Crippen LogP contribution >= 0.6 is 11.6 Å². The predicted molar refractivity (Wildman–Crippen MR) is 110 cm³/mol. The summed E-state index contributed by atoms with van der Waals surface area (Å²) in [5, 5.41) is 3.10. The van der Waals surface area contributed by atoms with Crippen LogP contribution in [0.15, 0.2) is 47.6 Å². The van der Waals surface area contributed by atoms with E-state index in [1.807, 2.05) is 0 Å². The molecule has 2 amide bonds. The van der Waals surface area contributed by atoms with Gasteiger partial charge in [0.15, 0.2) is 9.84 Å². The van der Waals surface area contributed by atoms with E-state index in [4.69, 9.17) is 11.6 Å². The van der Waals surface area contributed by atoms with Crippen molar-refractivity contribution in [2.24, 2.45) is 5.92 Å². The van der Waals surface area contributed by atoms with Gasteiger partial charge in [-0.25, -0.2) is 17.6 Å². The summed E-state index contributed by atoms with van der Waals surface area (Å²) in [7, 11) is -3.74. The van der Waals surface area contributed by atoms with Crippen molar-refractivity contribution in [1.82, 2.24) is 9.88 Å². The van der Waals surface area contributed by atoms with Gasteiger partial charge in [-0.15, -0.1) is 0 Å². The number of benzene rings is 1. The quantitative estimate of drug-likeness (QED) is 0.767. The molecule has 156 valence electrons. The average molecular weight is 440 g/mol. The Kier molecular flexibility index (Phi) is 6.14. The van der Waals surface area contributed by atoms with E-state index in [0.29, 0.717) is 36.6 Å². The number of nitrogens with zero attached hydrogens (tertiary/aromatic N) is 2. The SMILES string of the molecule is CC(C)(C1CCN(C(=O)Nc2ccncc2Cl)CC1)S(=O)(=O)c1cccc(F)c1. The molecule has 0 atom stereocenters. The van der Waals surface area contributed by atoms with Gasteiger partial charge in [0, 0.05) is 25.5 Å². The van der Waals surface area contributed by atoms with Crippen LogP contribution in [0.3, 0.4) is 0 Å². The van der Waals surface area contributed by atoms with Gasteiger partial charge in [-0.2, -0.15) is 0 Å². The van der Waals surface area contributed by atoms with E-state index in [-0.39, 0.29) is 16.8 Å². The first-order valence-electron chi connectivity index (χ1n) is 9.28. The lowest BCUT2D eigenvalue weighted by molar-refractivity contribution is 0.171. The van der Waals surface area contributed by atoms with Crippen LogP contribution in [0.5, 0.6) is 0 Å². The smallest absolute Gasteiger partial charge is 0.321 e. The van der Waals surface area contributed by atoms with Crippen molar-refractivity contribution in [3.63, 3.8) is 0 Å². The zero-order chi connectivity index (χ0) is 21.2. The molecule has 0 bridgehead atoms. The number of pyridine rings is 1. The number of piperidine rings is 1. The first-order valence-corrected chi connectivity index (χ1v) is 11.1. The Bertz CT molecular complexity index is 1010. The lowest BCUT2D eigenvalue weighted by Gasteiger charge is -2.40. The zero-order valence-electron chi connectivity index (χ0n) is 16.2. The zero-order valence-corrected chi connectivity index (χ0v) is 17.8. The highest BCUT2D eigenvalue weighted by atomic mass is 35.5. The second-order valence-electron chi connectivity index (χ2n) is 7.61. The van der Waals surface area contributed by atoms with Crippen LogP contribution in [0.2, 0.25) is 5.02 Å². The highest BCUT2D eigenvalue weighted by Gasteiger charge is 2.44. The van der Waals surface area contributed by atoms with Crippen LogP contribution in [0.25, 0.3) is 0 Å². The van der Waals surface area contributed by atoms with Crippen LogP contribution in [0.1, 0.15) is 26.7 Å². The normalized spacial score (nSPS) is 15.9. The summed E-state index contributed by atoms with van der Waals surface area (Å²) in [6.45, 7) is 4.18. The second-order valence-corrected chi connectivity index (χ2v) is 10.5. The highest BCUT2D eigenvalue weighted by molar-refractivity contribution is 7.92. The number of carbonyl (C=O) groups excluding carboxylic acids is 1. The highest BCUT2D eigenvalue weighted by Crippen LogP contribution is 2.38. The van der Waals surface area contributed by atoms with Crippen LogP contribution in [0, 0.1) is 11.7 Å². The number of aromatic nitrogens is 1. The van der Waals surface area contributed by atoms with Gasteiger partial charge in [0.2, 0.25) is 0 Å². The number of hydrogen-bond donors (Lipinski definition) is 1. The van der Waals surface area contributed by atoms with Crippen LogP contribution < -0.4 is 5.32 Å². The molecule has 1 N–H and O–H groups in total. The molecule has 1 aliphatic rings. The minimum atomic E-state index is -3.74. The molecule has 6 nitrogen and oxygen atoms in total. The van der Waals surface area contributed by atoms with E-state index in [0.717, 1.165) is 6.07 Å². The monoisotopic (exact) mass is 439 g/mol. The number of urea groups is 1. The fourth-order valence-corrected chi connectivity index (χ4v) is 5.58. The van der Waals surface area contributed by atoms with Crippen molar-refractivity contribution < 1.29 is 17.6 Å². The Morgan fingerprint density at radius 2 is 1.97 bits per heavy atom. The van der Waals surface area contributed by atoms with Gasteiger partial charge in [-0.05, 0) is 56.9 Å². The van der Waals surface area contributed by atoms with Gasteiger partial charge >= 0.3 is 6.03 Å². The Morgan fingerprint density at radius 3 is 2.59 bits per heavy atom. The standard InChI is InChI=1S/C20H23ClFN3O3S/c1-20(2,29(27,28)16-5-3-4-15(22)12-16)14-7-10-25(11-8-14)19(26)24-18-6-9-23-13-17(18)21/h3-6,9,12-14H,7-8,10-11H2,1-2H3,(H,23,24,26). The Balaban J connectivity index is 1.68. The number of rotatable bonds is 4. The van der Waals surface area contributed by atoms with E-state index >= 15 is 0 Å². The largest absolute Gasteiger partial charge is 0.325 e. The van der Waals surface area contributed by atoms with Crippen LogP contribution in [-0.2, 0) is 9.84 Å². The fraction of sp³-hybridized carbons (Fsp3) is 0.400. The van der Waals surface area contributed by atoms with Crippen molar-refractivity contribution in [3.05, 3.63) is 53.6 Å². The summed E-state index contributed by atoms with van der Waals surface area (Å²) < 4.78 is 38.7. The van der Waals surface area contributed by atoms with Crippen LogP contribution in [0.4, 0.5) is 14.9 Å². The second kappa shape index (κ2) is 8.28. The summed E-state index contributed by atoms with van der Waals surface area (Å²) in [5.74, 6) is -0.743. The number of hydrogen-bond acceptors (Lipinski definition) is 4. The molecule has 29 heavy (non-hydrogen) atoms. The molecule has 1 saturated heterocycles. The molecule has 1 aromatic carbocycles. The molecule has 2 aromatic rings. The number of likely N-dealkylation sites (tertiary alicyclic amines) is 1. The van der Waals surface area contributed by atoms with E-state index in [2.05, 4.69) is 10.3 Å². The molecule has 1 aromatic heterocycles. The van der Waals surface area contributed by atoms with Gasteiger partial charge < -0.3 is 10.2 Å². The van der Waals surface area contributed by atoms with Crippen LogP contribution in [-0.4, -0.2) is 42.2 Å². The maximum Gasteiger partial charge on any atom is 0.321 e. The first kappa shape index (κ1) is 21.5. The number of anilines is 1. The Labute approximate surface area is 175 Å². The number of sulfone groups is 1. The van der Waals surface area contributed by atoms with E-state index in [9.17, 15) is 17.6 Å². The molecule has 3 rings (SSSR count). The fourth-order valence-electron chi connectivity index (χ4n) is 3.61. The number of carbonyl (C=O) groups is 1. The third-order valence-corrected chi connectivity index (χ3v) is 8.47. The van der Waals surface area contributed by atoms with E-state index in [1.165, 1.54) is 30.6 Å². The summed E-state index contributed by atoms with van der Waals surface area (Å²) in [5.41, 5.74) is 0.475. The molecule has 1 aliphatic heterocycles. The molecule has 0 spiro atoms. The molecule has 1 fully saturated rings. The minimum absolute atomic E-state index is 0.0185. The van der Waals surface area contributed by atoms with Gasteiger partial charge in [0.25, 0.3) is 0 Å². The molecule has 2 heterocycles. The Hall–Kier alpha value is -2.19. The number of halogens is 2. The molecule has 0 aliphatic carbocycles. The van der Waals surface area contributed by atoms with Crippen molar-refractivity contribution in [1.29, 1.82) is 0 Å². The lowest BCUT2D eigenvalue weighted by Crippen LogP contribution is -2.48. The van der Waals surface area contributed by atoms with Crippen molar-refractivity contribution in [3.8, 4) is 0 Å². The predicted octanol–water partition coefficient (Wildman–Crippen LogP) is 4.37. The molecule has 0 saturated carbocycles. The minimum Gasteiger partial charge on any atom is -0.325 e. The first-order chi connectivity index (χ1) is 13.6. The molecular weight excluding hydrogens is 417 g/mol. The van der Waals surface area contributed by atoms with Crippen molar-refractivity contribution >= 4 is 33.2 Å². The number of amides is 2. The summed E-state index contributed by atoms with van der Waals surface area (Å²) >= 11 is 6.02. The maximum absolute atomic E-state index is 13.5. The van der Waals surface area contributed by atoms with Crippen molar-refractivity contribution in [2.45, 2.75) is 36.3 Å². The maximum atomic E-state index is 13.5. The topological polar surface area (TPSA) is 79.4 Å². The Morgan fingerprint density at radius 1 is 1.28 bits per heavy atom. The van der Waals surface area contributed by atoms with Gasteiger partial charge in [0.1, 0.15) is 5.82 Å². The molecule has 0 unspecified atom stereocenters. The molecular formula is C20H23ClFN3O3S. The summed E-state index contributed by atoms with van der Waals surface area (Å²) in [4.78, 5) is 18.0. The summed E-state index contributed by atoms with van der Waals surface area (Å²) in [6, 6.07) is 6.41. The number of nitrogens with one attached hydrogen (secondary N) is 1. The third-order valence-electron chi connectivity index (χ3n) is 5.58. The summed E-state index contributed by atoms with van der Waals surface area (Å²) in [6.07, 6.45) is 4.04. The molecule has 0 radical (unpaired) electrons. The van der Waals surface area contributed by atoms with E-state index in [1.54, 1.807) is 24.8 Å². The van der Waals surface area contributed by atoms with E-state index < -0.39 is 20.4 Å². The lowest BCUT2D eigenvalue weighted by atomic mass is 9.86.